The minimum absolute atomic E-state index is 0.0570. The molecule has 0 radical (unpaired) electrons. The number of rotatable bonds is 21. The van der Waals surface area contributed by atoms with E-state index >= 15 is 0 Å². The predicted molar refractivity (Wildman–Crippen MR) is 240 cm³/mol. The molecule has 0 fully saturated rings. The Morgan fingerprint density at radius 2 is 1.19 bits per heavy atom. The molecule has 7 unspecified atom stereocenters. The third kappa shape index (κ3) is 17.2. The number of esters is 2. The van der Waals surface area contributed by atoms with Crippen LogP contribution in [0.4, 0.5) is 0 Å². The topological polar surface area (TPSA) is 197 Å². The summed E-state index contributed by atoms with van der Waals surface area (Å²) in [5.74, 6) is -2.01. The van der Waals surface area contributed by atoms with Crippen molar-refractivity contribution in [2.75, 3.05) is 20.3 Å². The molecule has 0 bridgehead atoms. The normalized spacial score (nSPS) is 23.1. The first-order valence-electron chi connectivity index (χ1n) is 20.9. The summed E-state index contributed by atoms with van der Waals surface area (Å²) in [6, 6.07) is 0. The van der Waals surface area contributed by atoms with E-state index < -0.39 is 62.1 Å². The Labute approximate surface area is 367 Å². The fourth-order valence-corrected chi connectivity index (χ4v) is 6.90. The van der Waals surface area contributed by atoms with E-state index in [0.29, 0.717) is 12.0 Å². The highest BCUT2D eigenvalue weighted by Gasteiger charge is 2.38. The summed E-state index contributed by atoms with van der Waals surface area (Å²) in [5, 5.41) is 47.6. The lowest BCUT2D eigenvalue weighted by atomic mass is 9.71. The summed E-state index contributed by atoms with van der Waals surface area (Å²) < 4.78 is 15.6. The van der Waals surface area contributed by atoms with Crippen LogP contribution in [0.2, 0.25) is 0 Å². The molecule has 7 atom stereocenters. The number of Topliss-reactive ketones (excluding diaryl/α,β-unsaturated/α-hetero) is 2. The predicted octanol–water partition coefficient (Wildman–Crippen LogP) is 6.48. The van der Waals surface area contributed by atoms with Gasteiger partial charge < -0.3 is 39.7 Å². The first-order chi connectivity index (χ1) is 29.1. The molecule has 2 aliphatic carbocycles. The maximum atomic E-state index is 13.1. The Hall–Kier alpha value is -4.82. The molecule has 0 aliphatic heterocycles. The largest absolute Gasteiger partial charge is 0.463 e. The molecule has 2 rings (SSSR count). The van der Waals surface area contributed by atoms with E-state index in [4.69, 9.17) is 19.3 Å². The van der Waals surface area contributed by atoms with Crippen LogP contribution in [0.15, 0.2) is 130 Å². The molecule has 0 heterocycles. The zero-order valence-corrected chi connectivity index (χ0v) is 38.0. The molecular formula is C50H68O12. The first kappa shape index (κ1) is 53.3. The van der Waals surface area contributed by atoms with Crippen LogP contribution >= 0.6 is 0 Å². The summed E-state index contributed by atoms with van der Waals surface area (Å²) in [7, 11) is 1.59. The Kier molecular flexibility index (Phi) is 22.3. The third-order valence-corrected chi connectivity index (χ3v) is 10.8. The second-order valence-electron chi connectivity index (χ2n) is 16.7. The Bertz CT molecular complexity index is 1940. The van der Waals surface area contributed by atoms with E-state index in [-0.39, 0.29) is 41.8 Å². The highest BCUT2D eigenvalue weighted by molar-refractivity contribution is 6.01. The number of hydrogen-bond acceptors (Lipinski definition) is 12. The number of aliphatic hydroxyl groups excluding tert-OH is 5. The molecule has 0 saturated heterocycles. The van der Waals surface area contributed by atoms with Crippen molar-refractivity contribution in [3.05, 3.63) is 130 Å². The lowest BCUT2D eigenvalue weighted by Gasteiger charge is -2.36. The quantitative estimate of drug-likeness (QED) is 0.0624. The van der Waals surface area contributed by atoms with E-state index in [1.807, 2.05) is 121 Å². The van der Waals surface area contributed by atoms with E-state index in [1.165, 1.54) is 0 Å². The van der Waals surface area contributed by atoms with Gasteiger partial charge in [-0.15, -0.1) is 0 Å². The monoisotopic (exact) mass is 860 g/mol. The van der Waals surface area contributed by atoms with Crippen molar-refractivity contribution in [3.8, 4) is 0 Å². The lowest BCUT2D eigenvalue weighted by molar-refractivity contribution is -0.161. The lowest BCUT2D eigenvalue weighted by Crippen LogP contribution is -2.47. The second kappa shape index (κ2) is 26.0. The number of carbonyl (C=O) groups excluding carboxylic acids is 4. The smallest absolute Gasteiger partial charge is 0.307 e. The van der Waals surface area contributed by atoms with Crippen LogP contribution in [-0.2, 0) is 33.4 Å². The van der Waals surface area contributed by atoms with Gasteiger partial charge in [-0.05, 0) is 88.0 Å². The fourth-order valence-electron chi connectivity index (χ4n) is 6.90. The van der Waals surface area contributed by atoms with Gasteiger partial charge in [-0.25, -0.2) is 0 Å². The van der Waals surface area contributed by atoms with Gasteiger partial charge >= 0.3 is 11.9 Å². The van der Waals surface area contributed by atoms with Crippen molar-refractivity contribution in [1.82, 2.24) is 0 Å². The van der Waals surface area contributed by atoms with Gasteiger partial charge in [-0.3, -0.25) is 19.2 Å². The van der Waals surface area contributed by atoms with Crippen molar-refractivity contribution < 1.29 is 58.9 Å². The van der Waals surface area contributed by atoms with Crippen molar-refractivity contribution in [2.24, 2.45) is 11.3 Å². The van der Waals surface area contributed by atoms with Crippen LogP contribution in [0.5, 0.6) is 0 Å². The average molecular weight is 861 g/mol. The van der Waals surface area contributed by atoms with Crippen LogP contribution in [0, 0.1) is 11.3 Å². The molecular weight excluding hydrogens is 793 g/mol. The van der Waals surface area contributed by atoms with Crippen molar-refractivity contribution in [2.45, 2.75) is 125 Å². The zero-order chi connectivity index (χ0) is 46.7. The van der Waals surface area contributed by atoms with Gasteiger partial charge in [0.15, 0.2) is 17.7 Å². The highest BCUT2D eigenvalue weighted by Crippen LogP contribution is 2.40. The number of ether oxygens (including phenoxy) is 3. The summed E-state index contributed by atoms with van der Waals surface area (Å²) in [6.45, 7) is 16.3. The molecule has 0 saturated carbocycles. The maximum Gasteiger partial charge on any atom is 0.307 e. The number of methoxy groups -OCH3 is 1. The van der Waals surface area contributed by atoms with Gasteiger partial charge in [0, 0.05) is 7.11 Å². The van der Waals surface area contributed by atoms with Crippen molar-refractivity contribution in [3.63, 3.8) is 0 Å². The van der Waals surface area contributed by atoms with Crippen LogP contribution in [0.3, 0.4) is 0 Å². The van der Waals surface area contributed by atoms with Crippen LogP contribution in [0.1, 0.15) is 88.0 Å². The molecule has 340 valence electrons. The third-order valence-electron chi connectivity index (χ3n) is 10.8. The minimum Gasteiger partial charge on any atom is -0.463 e. The first-order valence-corrected chi connectivity index (χ1v) is 20.9. The van der Waals surface area contributed by atoms with Gasteiger partial charge in [0.2, 0.25) is 0 Å². The molecule has 0 aromatic rings. The number of aliphatic hydroxyl groups is 5. The number of ketones is 2. The zero-order valence-electron chi connectivity index (χ0n) is 38.0. The fraction of sp³-hybridized carbons (Fsp3) is 0.480. The SMILES string of the molecule is COC1CC(C)(C)C(/C=C/C(C)=C/C=C/C(C)=C/C=C/C=C(C)/C=C/C=C(C)/C=C/C2=C(C)C(=O)C(OC(=O)CCC(=O)OCC(O)C(O)C(O)C(O)CO)CC2C)=C(C)C1=O. The molecule has 62 heavy (non-hydrogen) atoms. The van der Waals surface area contributed by atoms with E-state index in [0.717, 1.165) is 39.0 Å². The number of hydrogen-bond donors (Lipinski definition) is 5. The number of allylic oxidation sites excluding steroid dienone is 20. The van der Waals surface area contributed by atoms with Gasteiger partial charge in [-0.2, -0.15) is 0 Å². The molecule has 5 N–H and O–H groups in total. The van der Waals surface area contributed by atoms with Gasteiger partial charge in [0.1, 0.15) is 37.1 Å². The van der Waals surface area contributed by atoms with Gasteiger partial charge in [0.25, 0.3) is 0 Å². The number of carbonyl (C=O) groups is 4. The van der Waals surface area contributed by atoms with E-state index in [2.05, 4.69) is 19.9 Å². The Morgan fingerprint density at radius 3 is 1.74 bits per heavy atom. The summed E-state index contributed by atoms with van der Waals surface area (Å²) in [4.78, 5) is 50.3. The average Bonchev–Trinajstić information content (AvgIpc) is 3.22. The maximum absolute atomic E-state index is 13.1. The minimum atomic E-state index is -1.89. The van der Waals surface area contributed by atoms with Crippen molar-refractivity contribution in [1.29, 1.82) is 0 Å². The van der Waals surface area contributed by atoms with Gasteiger partial charge in [-0.1, -0.05) is 128 Å². The van der Waals surface area contributed by atoms with Crippen molar-refractivity contribution >= 4 is 23.5 Å². The Balaban J connectivity index is 1.88. The van der Waals surface area contributed by atoms with Crippen LogP contribution in [0.25, 0.3) is 0 Å². The second-order valence-corrected chi connectivity index (χ2v) is 16.7. The molecule has 2 aliphatic rings. The molecule has 0 amide bonds. The molecule has 0 aromatic carbocycles. The van der Waals surface area contributed by atoms with E-state index in [1.54, 1.807) is 14.0 Å². The van der Waals surface area contributed by atoms with Crippen LogP contribution in [-0.4, -0.2) is 106 Å². The highest BCUT2D eigenvalue weighted by atomic mass is 16.6. The summed E-state index contributed by atoms with van der Waals surface area (Å²) >= 11 is 0. The Morgan fingerprint density at radius 1 is 0.710 bits per heavy atom. The standard InChI is InChI=1S/C50H68O12/c1-31(15-11-12-16-32(2)18-14-20-34(4)22-24-39-37(7)47(57)43(60-10)28-50(39,8)9)17-13-19-33(3)21-23-38-35(5)27-42(46(56)36(38)6)62-45(55)26-25-44(54)61-30-41(53)49(59)48(58)40(52)29-51/h11-24,35,40-43,48-49,51-53,58-59H,25-30H2,1-10H3/b12-11+,17-13+,18-14+,23-21+,24-22+,31-15+,32-16+,33-19+,34-20+. The summed E-state index contributed by atoms with van der Waals surface area (Å²) in [5.41, 5.74) is 7.17. The van der Waals surface area contributed by atoms with E-state index in [9.17, 15) is 39.6 Å². The molecule has 12 heteroatoms. The van der Waals surface area contributed by atoms with Crippen LogP contribution < -0.4 is 0 Å². The molecule has 0 aromatic heterocycles. The summed E-state index contributed by atoms with van der Waals surface area (Å²) in [6.07, 6.45) is 19.5. The molecule has 12 nitrogen and oxygen atoms in total. The van der Waals surface area contributed by atoms with Gasteiger partial charge in [0.05, 0.1) is 19.4 Å². The molecule has 0 spiro atoms.